The molecule has 19 heavy (non-hydrogen) atoms. The van der Waals surface area contributed by atoms with Crippen LogP contribution < -0.4 is 0 Å². The summed E-state index contributed by atoms with van der Waals surface area (Å²) in [7, 11) is 4.20. The summed E-state index contributed by atoms with van der Waals surface area (Å²) in [6, 6.07) is 8.34. The molecule has 1 fully saturated rings. The van der Waals surface area contributed by atoms with Crippen molar-refractivity contribution in [2.45, 2.75) is 31.5 Å². The Hall–Kier alpha value is -0.970. The smallest absolute Gasteiger partial charge is 0.0964 e. The molecule has 0 bridgehead atoms. The minimum atomic E-state index is 0.352. The fourth-order valence-electron chi connectivity index (χ4n) is 2.67. The van der Waals surface area contributed by atoms with Crippen LogP contribution in [0.5, 0.6) is 0 Å². The number of nitrogens with zero attached hydrogens (tertiary/aromatic N) is 2. The Bertz CT molecular complexity index is 519. The molecule has 0 spiro atoms. The molecule has 4 heteroatoms. The van der Waals surface area contributed by atoms with Crippen LogP contribution in [-0.4, -0.2) is 42.7 Å². The lowest BCUT2D eigenvalue weighted by Crippen LogP contribution is -2.26. The SMILES string of the molecule is CN(C)C[C@H]1CC[C@@H](Cc2nc3ccccc3s2)O1. The number of para-hydroxylation sites is 1. The van der Waals surface area contributed by atoms with Crippen LogP contribution in [0.25, 0.3) is 10.2 Å². The third-order valence-electron chi connectivity index (χ3n) is 3.50. The van der Waals surface area contributed by atoms with Crippen LogP contribution in [0.15, 0.2) is 24.3 Å². The molecule has 2 heterocycles. The van der Waals surface area contributed by atoms with E-state index in [0.29, 0.717) is 12.2 Å². The van der Waals surface area contributed by atoms with Crippen LogP contribution in [0.2, 0.25) is 0 Å². The quantitative estimate of drug-likeness (QED) is 0.858. The maximum atomic E-state index is 6.10. The number of likely N-dealkylation sites (N-methyl/N-ethyl adjacent to an activating group) is 1. The summed E-state index contributed by atoms with van der Waals surface area (Å²) in [4.78, 5) is 6.89. The molecule has 2 aromatic rings. The second-order valence-corrected chi connectivity index (χ2v) is 6.61. The molecule has 0 N–H and O–H groups in total. The van der Waals surface area contributed by atoms with Gasteiger partial charge >= 0.3 is 0 Å². The van der Waals surface area contributed by atoms with E-state index < -0.39 is 0 Å². The highest BCUT2D eigenvalue weighted by Gasteiger charge is 2.26. The van der Waals surface area contributed by atoms with Crippen LogP contribution in [0, 0.1) is 0 Å². The van der Waals surface area contributed by atoms with E-state index in [9.17, 15) is 0 Å². The third kappa shape index (κ3) is 3.14. The molecule has 102 valence electrons. The number of benzene rings is 1. The fourth-order valence-corrected chi connectivity index (χ4v) is 3.71. The van der Waals surface area contributed by atoms with Crippen molar-refractivity contribution in [3.8, 4) is 0 Å². The summed E-state index contributed by atoms with van der Waals surface area (Å²) in [5.41, 5.74) is 1.12. The van der Waals surface area contributed by atoms with Gasteiger partial charge in [-0.2, -0.15) is 0 Å². The summed E-state index contributed by atoms with van der Waals surface area (Å²) in [6.07, 6.45) is 4.05. The number of hydrogen-bond acceptors (Lipinski definition) is 4. The lowest BCUT2D eigenvalue weighted by Gasteiger charge is -2.16. The van der Waals surface area contributed by atoms with E-state index in [0.717, 1.165) is 24.9 Å². The Balaban J connectivity index is 1.63. The number of hydrogen-bond donors (Lipinski definition) is 0. The number of aromatic nitrogens is 1. The van der Waals surface area contributed by atoms with Crippen LogP contribution in [0.4, 0.5) is 0 Å². The minimum Gasteiger partial charge on any atom is -0.373 e. The van der Waals surface area contributed by atoms with Gasteiger partial charge in [-0.05, 0) is 39.1 Å². The molecule has 0 radical (unpaired) electrons. The molecular formula is C15H20N2OS. The maximum absolute atomic E-state index is 6.10. The monoisotopic (exact) mass is 276 g/mol. The van der Waals surface area contributed by atoms with Crippen molar-refractivity contribution in [2.24, 2.45) is 0 Å². The zero-order valence-electron chi connectivity index (χ0n) is 11.5. The Kier molecular flexibility index (Phi) is 3.82. The summed E-state index contributed by atoms with van der Waals surface area (Å²) in [6.45, 7) is 1.02. The lowest BCUT2D eigenvalue weighted by atomic mass is 10.1. The van der Waals surface area contributed by atoms with Gasteiger partial charge in [0.15, 0.2) is 0 Å². The first-order valence-electron chi connectivity index (χ1n) is 6.85. The van der Waals surface area contributed by atoms with Crippen molar-refractivity contribution < 1.29 is 4.74 Å². The minimum absolute atomic E-state index is 0.352. The highest BCUT2D eigenvalue weighted by atomic mass is 32.1. The van der Waals surface area contributed by atoms with Crippen molar-refractivity contribution in [1.29, 1.82) is 0 Å². The highest BCUT2D eigenvalue weighted by Crippen LogP contribution is 2.27. The van der Waals surface area contributed by atoms with Gasteiger partial charge in [-0.1, -0.05) is 12.1 Å². The molecule has 0 unspecified atom stereocenters. The van der Waals surface area contributed by atoms with Gasteiger partial charge in [-0.3, -0.25) is 0 Å². The second kappa shape index (κ2) is 5.57. The molecular weight excluding hydrogens is 256 g/mol. The molecule has 1 aromatic heterocycles. The van der Waals surface area contributed by atoms with Gasteiger partial charge < -0.3 is 9.64 Å². The molecule has 3 nitrogen and oxygen atoms in total. The van der Waals surface area contributed by atoms with Gasteiger partial charge in [-0.15, -0.1) is 11.3 Å². The second-order valence-electron chi connectivity index (χ2n) is 5.50. The number of rotatable bonds is 4. The average molecular weight is 276 g/mol. The van der Waals surface area contributed by atoms with E-state index in [4.69, 9.17) is 9.72 Å². The van der Waals surface area contributed by atoms with Crippen molar-refractivity contribution in [2.75, 3.05) is 20.6 Å². The summed E-state index contributed by atoms with van der Waals surface area (Å²) in [5, 5.41) is 1.21. The molecule has 0 amide bonds. The zero-order chi connectivity index (χ0) is 13.2. The van der Waals surface area contributed by atoms with E-state index in [1.165, 1.54) is 16.1 Å². The van der Waals surface area contributed by atoms with Gasteiger partial charge in [0.25, 0.3) is 0 Å². The summed E-state index contributed by atoms with van der Waals surface area (Å²) in [5.74, 6) is 0. The van der Waals surface area contributed by atoms with Crippen LogP contribution in [0.1, 0.15) is 17.8 Å². The molecule has 2 atom stereocenters. The van der Waals surface area contributed by atoms with Crippen molar-refractivity contribution in [1.82, 2.24) is 9.88 Å². The van der Waals surface area contributed by atoms with Crippen molar-refractivity contribution in [3.63, 3.8) is 0 Å². The third-order valence-corrected chi connectivity index (χ3v) is 4.56. The van der Waals surface area contributed by atoms with E-state index in [2.05, 4.69) is 37.2 Å². The Morgan fingerprint density at radius 2 is 2.05 bits per heavy atom. The first kappa shape index (κ1) is 13.0. The number of thiazole rings is 1. The fraction of sp³-hybridized carbons (Fsp3) is 0.533. The van der Waals surface area contributed by atoms with E-state index in [1.54, 1.807) is 11.3 Å². The summed E-state index contributed by atoms with van der Waals surface area (Å²) < 4.78 is 7.38. The molecule has 1 aromatic carbocycles. The standard InChI is InChI=1S/C15H20N2OS/c1-17(2)10-12-8-7-11(18-12)9-15-16-13-5-3-4-6-14(13)19-15/h3-6,11-12H,7-10H2,1-2H3/t11-,12+/m0/s1. The first-order chi connectivity index (χ1) is 9.20. The topological polar surface area (TPSA) is 25.4 Å². The highest BCUT2D eigenvalue weighted by molar-refractivity contribution is 7.18. The predicted octanol–water partition coefficient (Wildman–Crippen LogP) is 2.95. The molecule has 1 saturated heterocycles. The lowest BCUT2D eigenvalue weighted by molar-refractivity contribution is 0.0317. The molecule has 3 rings (SSSR count). The normalized spacial score (nSPS) is 23.5. The Morgan fingerprint density at radius 3 is 2.84 bits per heavy atom. The number of ether oxygens (including phenoxy) is 1. The molecule has 0 aliphatic carbocycles. The zero-order valence-corrected chi connectivity index (χ0v) is 12.3. The van der Waals surface area contributed by atoms with Gasteiger partial charge in [0.05, 0.1) is 27.4 Å². The van der Waals surface area contributed by atoms with Gasteiger partial charge in [-0.25, -0.2) is 4.98 Å². The molecule has 1 aliphatic heterocycles. The maximum Gasteiger partial charge on any atom is 0.0964 e. The Labute approximate surface area is 118 Å². The van der Waals surface area contributed by atoms with Crippen LogP contribution in [0.3, 0.4) is 0 Å². The van der Waals surface area contributed by atoms with Crippen LogP contribution in [-0.2, 0) is 11.2 Å². The molecule has 0 saturated carbocycles. The first-order valence-corrected chi connectivity index (χ1v) is 7.67. The van der Waals surface area contributed by atoms with Gasteiger partial charge in [0.1, 0.15) is 0 Å². The van der Waals surface area contributed by atoms with E-state index >= 15 is 0 Å². The Morgan fingerprint density at radius 1 is 1.26 bits per heavy atom. The number of fused-ring (bicyclic) bond motifs is 1. The predicted molar refractivity (Wildman–Crippen MR) is 79.8 cm³/mol. The largest absolute Gasteiger partial charge is 0.373 e. The van der Waals surface area contributed by atoms with Crippen LogP contribution >= 0.6 is 11.3 Å². The molecule has 1 aliphatic rings. The van der Waals surface area contributed by atoms with Crippen molar-refractivity contribution >= 4 is 21.6 Å². The van der Waals surface area contributed by atoms with Gasteiger partial charge in [0.2, 0.25) is 0 Å². The van der Waals surface area contributed by atoms with Crippen molar-refractivity contribution in [3.05, 3.63) is 29.3 Å². The average Bonchev–Trinajstić information content (AvgIpc) is 2.94. The van der Waals surface area contributed by atoms with E-state index in [1.807, 2.05) is 6.07 Å². The summed E-state index contributed by atoms with van der Waals surface area (Å²) >= 11 is 1.80. The van der Waals surface area contributed by atoms with Gasteiger partial charge in [0, 0.05) is 13.0 Å². The van der Waals surface area contributed by atoms with E-state index in [-0.39, 0.29) is 0 Å².